The summed E-state index contributed by atoms with van der Waals surface area (Å²) in [4.78, 5) is 12.3. The Morgan fingerprint density at radius 2 is 1.90 bits per heavy atom. The molecule has 0 amide bonds. The van der Waals surface area contributed by atoms with Gasteiger partial charge in [-0.2, -0.15) is 0 Å². The van der Waals surface area contributed by atoms with Gasteiger partial charge in [0.1, 0.15) is 6.61 Å². The Hall–Kier alpha value is -1.09. The molecule has 1 saturated carbocycles. The summed E-state index contributed by atoms with van der Waals surface area (Å²) < 4.78 is 8.04. The van der Waals surface area contributed by atoms with Crippen molar-refractivity contribution in [3.8, 4) is 0 Å². The van der Waals surface area contributed by atoms with Gasteiger partial charge in [0.05, 0.1) is 6.10 Å². The topological polar surface area (TPSA) is 31.2 Å². The van der Waals surface area contributed by atoms with Crippen molar-refractivity contribution < 1.29 is 9.53 Å². The van der Waals surface area contributed by atoms with E-state index in [9.17, 15) is 4.79 Å². The van der Waals surface area contributed by atoms with E-state index in [0.29, 0.717) is 0 Å². The first-order valence-corrected chi connectivity index (χ1v) is 7.95. The molecular weight excluding hydrogens is 250 g/mol. The molecule has 0 unspecified atom stereocenters. The fourth-order valence-electron chi connectivity index (χ4n) is 3.25. The van der Waals surface area contributed by atoms with Crippen molar-refractivity contribution >= 4 is 5.78 Å². The third-order valence-corrected chi connectivity index (χ3v) is 4.44. The monoisotopic (exact) mass is 277 g/mol. The molecule has 3 nitrogen and oxygen atoms in total. The van der Waals surface area contributed by atoms with Crippen molar-refractivity contribution in [2.75, 3.05) is 6.61 Å². The van der Waals surface area contributed by atoms with Crippen LogP contribution in [0.1, 0.15) is 67.2 Å². The summed E-state index contributed by atoms with van der Waals surface area (Å²) in [6, 6.07) is 2.00. The average Bonchev–Trinajstić information content (AvgIpc) is 2.62. The van der Waals surface area contributed by atoms with Crippen LogP contribution in [0.25, 0.3) is 0 Å². The number of hydrogen-bond acceptors (Lipinski definition) is 2. The summed E-state index contributed by atoms with van der Waals surface area (Å²) in [6.45, 7) is 7.33. The maximum Gasteiger partial charge on any atom is 0.190 e. The minimum absolute atomic E-state index is 0.127. The van der Waals surface area contributed by atoms with Crippen molar-refractivity contribution in [2.24, 2.45) is 0 Å². The molecule has 1 aromatic heterocycles. The third kappa shape index (κ3) is 3.51. The van der Waals surface area contributed by atoms with Gasteiger partial charge in [-0.25, -0.2) is 0 Å². The smallest absolute Gasteiger partial charge is 0.190 e. The molecule has 0 radical (unpaired) electrons. The Balaban J connectivity index is 1.94. The normalized spacial score (nSPS) is 17.1. The summed E-state index contributed by atoms with van der Waals surface area (Å²) in [5.41, 5.74) is 3.06. The minimum atomic E-state index is 0.127. The van der Waals surface area contributed by atoms with Crippen molar-refractivity contribution in [3.05, 3.63) is 23.0 Å². The molecule has 0 atom stereocenters. The molecule has 3 heteroatoms. The van der Waals surface area contributed by atoms with E-state index in [0.717, 1.165) is 36.3 Å². The van der Waals surface area contributed by atoms with Crippen LogP contribution in [-0.4, -0.2) is 23.1 Å². The summed E-state index contributed by atoms with van der Waals surface area (Å²) >= 11 is 0. The van der Waals surface area contributed by atoms with Crippen LogP contribution in [0.4, 0.5) is 0 Å². The highest BCUT2D eigenvalue weighted by Gasteiger charge is 2.18. The van der Waals surface area contributed by atoms with E-state index in [1.807, 2.05) is 13.0 Å². The number of nitrogens with zero attached hydrogens (tertiary/aromatic N) is 1. The third-order valence-electron chi connectivity index (χ3n) is 4.44. The molecule has 1 aliphatic carbocycles. The van der Waals surface area contributed by atoms with Crippen molar-refractivity contribution in [3.63, 3.8) is 0 Å². The fourth-order valence-corrected chi connectivity index (χ4v) is 3.25. The van der Waals surface area contributed by atoms with Crippen LogP contribution in [0.3, 0.4) is 0 Å². The maximum absolute atomic E-state index is 12.3. The fraction of sp³-hybridized carbons (Fsp3) is 0.706. The van der Waals surface area contributed by atoms with E-state index in [2.05, 4.69) is 18.4 Å². The van der Waals surface area contributed by atoms with E-state index in [4.69, 9.17) is 4.74 Å². The van der Waals surface area contributed by atoms with Gasteiger partial charge in [-0.15, -0.1) is 0 Å². The first-order valence-electron chi connectivity index (χ1n) is 7.95. The molecule has 0 bridgehead atoms. The molecule has 1 aliphatic rings. The van der Waals surface area contributed by atoms with Gasteiger partial charge in [0.25, 0.3) is 0 Å². The van der Waals surface area contributed by atoms with Crippen LogP contribution < -0.4 is 0 Å². The number of hydrogen-bond donors (Lipinski definition) is 0. The van der Waals surface area contributed by atoms with Gasteiger partial charge in [0.2, 0.25) is 0 Å². The summed E-state index contributed by atoms with van der Waals surface area (Å²) in [5.74, 6) is 0.127. The van der Waals surface area contributed by atoms with Crippen LogP contribution in [0, 0.1) is 13.8 Å². The molecule has 1 aromatic rings. The molecule has 0 aromatic carbocycles. The molecule has 0 spiro atoms. The van der Waals surface area contributed by atoms with Gasteiger partial charge in [0, 0.05) is 23.5 Å². The van der Waals surface area contributed by atoms with Gasteiger partial charge < -0.3 is 9.30 Å². The molecule has 20 heavy (non-hydrogen) atoms. The second-order valence-corrected chi connectivity index (χ2v) is 5.88. The number of carbonyl (C=O) groups excluding carboxylic acids is 1. The minimum Gasteiger partial charge on any atom is -0.370 e. The molecular formula is C17H27NO2. The average molecular weight is 277 g/mol. The zero-order chi connectivity index (χ0) is 14.5. The lowest BCUT2D eigenvalue weighted by Crippen LogP contribution is -2.18. The Bertz CT molecular complexity index is 454. The zero-order valence-electron chi connectivity index (χ0n) is 13.1. The molecule has 0 aliphatic heterocycles. The van der Waals surface area contributed by atoms with Crippen LogP contribution in [-0.2, 0) is 11.3 Å². The zero-order valence-corrected chi connectivity index (χ0v) is 13.1. The molecule has 0 saturated heterocycles. The largest absolute Gasteiger partial charge is 0.370 e. The number of Topliss-reactive ketones (excluding diaryl/α,β-unsaturated/α-hetero) is 1. The van der Waals surface area contributed by atoms with Crippen LogP contribution in [0.15, 0.2) is 6.07 Å². The number of rotatable bonds is 5. The van der Waals surface area contributed by atoms with Crippen LogP contribution >= 0.6 is 0 Å². The Labute approximate surface area is 122 Å². The highest BCUT2D eigenvalue weighted by molar-refractivity contribution is 5.98. The Morgan fingerprint density at radius 1 is 1.25 bits per heavy atom. The standard InChI is InChI=1S/C17H27NO2/c1-4-18-13(2)11-16(14(18)3)17(19)12-20-15-9-7-5-6-8-10-15/h11,15H,4-10,12H2,1-3H3. The number of aryl methyl sites for hydroxylation is 1. The number of carbonyl (C=O) groups is 1. The summed E-state index contributed by atoms with van der Waals surface area (Å²) in [6.07, 6.45) is 7.61. The van der Waals surface area contributed by atoms with Crippen molar-refractivity contribution in [1.29, 1.82) is 0 Å². The van der Waals surface area contributed by atoms with E-state index in [1.165, 1.54) is 25.7 Å². The number of aromatic nitrogens is 1. The second-order valence-electron chi connectivity index (χ2n) is 5.88. The first kappa shape index (κ1) is 15.3. The van der Waals surface area contributed by atoms with E-state index >= 15 is 0 Å². The lowest BCUT2D eigenvalue weighted by molar-refractivity contribution is 0.0388. The Kier molecular flexibility index (Phi) is 5.41. The van der Waals surface area contributed by atoms with Gasteiger partial charge in [0.15, 0.2) is 5.78 Å². The van der Waals surface area contributed by atoms with Gasteiger partial charge >= 0.3 is 0 Å². The van der Waals surface area contributed by atoms with E-state index in [-0.39, 0.29) is 18.5 Å². The maximum atomic E-state index is 12.3. The molecule has 1 fully saturated rings. The summed E-state index contributed by atoms with van der Waals surface area (Å²) in [5, 5.41) is 0. The van der Waals surface area contributed by atoms with Crippen molar-refractivity contribution in [1.82, 2.24) is 4.57 Å². The molecule has 0 N–H and O–H groups in total. The van der Waals surface area contributed by atoms with Gasteiger partial charge in [-0.3, -0.25) is 4.79 Å². The first-order chi connectivity index (χ1) is 9.63. The molecule has 2 rings (SSSR count). The second kappa shape index (κ2) is 7.07. The molecule has 1 heterocycles. The predicted molar refractivity (Wildman–Crippen MR) is 81.4 cm³/mol. The number of ether oxygens (including phenoxy) is 1. The lowest BCUT2D eigenvalue weighted by atomic mass is 10.1. The lowest BCUT2D eigenvalue weighted by Gasteiger charge is -2.14. The highest BCUT2D eigenvalue weighted by atomic mass is 16.5. The van der Waals surface area contributed by atoms with Crippen molar-refractivity contribution in [2.45, 2.75) is 71.9 Å². The van der Waals surface area contributed by atoms with Gasteiger partial charge in [-0.05, 0) is 39.7 Å². The highest BCUT2D eigenvalue weighted by Crippen LogP contribution is 2.21. The van der Waals surface area contributed by atoms with E-state index < -0.39 is 0 Å². The summed E-state index contributed by atoms with van der Waals surface area (Å²) in [7, 11) is 0. The SMILES string of the molecule is CCn1c(C)cc(C(=O)COC2CCCCCC2)c1C. The van der Waals surface area contributed by atoms with E-state index in [1.54, 1.807) is 0 Å². The number of ketones is 1. The quantitative estimate of drug-likeness (QED) is 0.600. The van der Waals surface area contributed by atoms with Gasteiger partial charge in [-0.1, -0.05) is 25.7 Å². The Morgan fingerprint density at radius 3 is 2.45 bits per heavy atom. The predicted octanol–water partition coefficient (Wildman–Crippen LogP) is 4.05. The molecule has 112 valence electrons. The van der Waals surface area contributed by atoms with Crippen LogP contribution in [0.5, 0.6) is 0 Å². The van der Waals surface area contributed by atoms with Crippen LogP contribution in [0.2, 0.25) is 0 Å².